The Kier molecular flexibility index (Phi) is 20.0. The summed E-state index contributed by atoms with van der Waals surface area (Å²) < 4.78 is 25.7. The van der Waals surface area contributed by atoms with Crippen molar-refractivity contribution in [3.05, 3.63) is 0 Å². The lowest BCUT2D eigenvalue weighted by Gasteiger charge is -2.26. The molecular formula is C24H44N2O10S. The Morgan fingerprint density at radius 2 is 1.27 bits per heavy atom. The molecule has 0 rings (SSSR count). The Morgan fingerprint density at radius 1 is 0.757 bits per heavy atom. The van der Waals surface area contributed by atoms with Crippen molar-refractivity contribution >= 4 is 35.5 Å². The van der Waals surface area contributed by atoms with Crippen LogP contribution in [0.15, 0.2) is 0 Å². The average molecular weight is 553 g/mol. The molecule has 12 nitrogen and oxygen atoms in total. The third-order valence-electron chi connectivity index (χ3n) is 5.12. The fourth-order valence-electron chi connectivity index (χ4n) is 2.67. The Balaban J connectivity index is 3.73. The van der Waals surface area contributed by atoms with Gasteiger partial charge in [-0.15, -0.1) is 11.8 Å². The van der Waals surface area contributed by atoms with Crippen molar-refractivity contribution < 1.29 is 48.0 Å². The summed E-state index contributed by atoms with van der Waals surface area (Å²) in [4.78, 5) is 48.8. The molecule has 13 heteroatoms. The molecule has 0 heterocycles. The van der Waals surface area contributed by atoms with Crippen LogP contribution in [0.1, 0.15) is 33.1 Å². The molecule has 0 spiro atoms. The van der Waals surface area contributed by atoms with Crippen molar-refractivity contribution in [1.82, 2.24) is 9.80 Å². The molecule has 37 heavy (non-hydrogen) atoms. The summed E-state index contributed by atoms with van der Waals surface area (Å²) in [7, 11) is 4.52. The average Bonchev–Trinajstić information content (AvgIpc) is 2.85. The Hall–Kier alpha value is -1.93. The van der Waals surface area contributed by atoms with Gasteiger partial charge >= 0.3 is 11.9 Å². The van der Waals surface area contributed by atoms with Crippen molar-refractivity contribution in [2.24, 2.45) is 0 Å². The van der Waals surface area contributed by atoms with Crippen molar-refractivity contribution in [2.45, 2.75) is 37.9 Å². The molecule has 2 amide bonds. The summed E-state index contributed by atoms with van der Waals surface area (Å²) in [6.07, 6.45) is 0.986. The van der Waals surface area contributed by atoms with Crippen LogP contribution in [-0.4, -0.2) is 136 Å². The summed E-state index contributed by atoms with van der Waals surface area (Å²) >= 11 is 1.47. The monoisotopic (exact) mass is 552 g/mol. The first-order chi connectivity index (χ1) is 17.5. The van der Waals surface area contributed by atoms with Gasteiger partial charge < -0.3 is 38.6 Å². The number of hydrogen-bond donors (Lipinski definition) is 1. The fraction of sp³-hybridized carbons (Fsp3) is 0.833. The van der Waals surface area contributed by atoms with E-state index in [1.165, 1.54) is 30.8 Å². The van der Waals surface area contributed by atoms with Gasteiger partial charge in [-0.3, -0.25) is 19.2 Å². The minimum absolute atomic E-state index is 0.0290. The zero-order valence-corrected chi connectivity index (χ0v) is 23.6. The van der Waals surface area contributed by atoms with Gasteiger partial charge in [0.1, 0.15) is 6.54 Å². The molecule has 0 radical (unpaired) electrons. The highest BCUT2D eigenvalue weighted by atomic mass is 32.2. The second-order valence-electron chi connectivity index (χ2n) is 8.78. The number of hydrogen-bond acceptors (Lipinski definition) is 10. The number of thioether (sulfide) groups is 1. The Labute approximate surface area is 224 Å². The molecule has 0 unspecified atom stereocenters. The van der Waals surface area contributed by atoms with Crippen LogP contribution < -0.4 is 0 Å². The number of amides is 2. The fourth-order valence-corrected chi connectivity index (χ4v) is 3.66. The van der Waals surface area contributed by atoms with E-state index in [9.17, 15) is 19.2 Å². The van der Waals surface area contributed by atoms with Crippen LogP contribution >= 0.6 is 11.8 Å². The number of nitrogens with zero attached hydrogens (tertiary/aromatic N) is 2. The van der Waals surface area contributed by atoms with Gasteiger partial charge in [0.15, 0.2) is 0 Å². The van der Waals surface area contributed by atoms with Crippen LogP contribution in [0.2, 0.25) is 0 Å². The van der Waals surface area contributed by atoms with Crippen LogP contribution in [0.3, 0.4) is 0 Å². The molecule has 0 aromatic rings. The van der Waals surface area contributed by atoms with Crippen LogP contribution in [0, 0.1) is 0 Å². The van der Waals surface area contributed by atoms with Crippen molar-refractivity contribution in [1.29, 1.82) is 0 Å². The number of ether oxygens (including phenoxy) is 5. The number of methoxy groups -OCH3 is 1. The first-order valence-electron chi connectivity index (χ1n) is 12.2. The van der Waals surface area contributed by atoms with E-state index in [4.69, 9.17) is 24.1 Å². The molecular weight excluding hydrogens is 508 g/mol. The molecule has 0 saturated heterocycles. The number of carboxylic acid groups (broad SMARTS) is 1. The molecule has 1 N–H and O–H groups in total. The molecule has 0 atom stereocenters. The Morgan fingerprint density at radius 3 is 1.78 bits per heavy atom. The minimum atomic E-state index is -1.05. The smallest absolute Gasteiger partial charge is 0.323 e. The van der Waals surface area contributed by atoms with E-state index in [1.54, 1.807) is 11.9 Å². The third kappa shape index (κ3) is 20.8. The molecule has 0 saturated carbocycles. The number of likely N-dealkylation sites (N-methyl/N-ethyl adjacent to an activating group) is 2. The van der Waals surface area contributed by atoms with E-state index in [1.807, 2.05) is 13.8 Å². The van der Waals surface area contributed by atoms with Gasteiger partial charge in [-0.1, -0.05) is 13.8 Å². The maximum Gasteiger partial charge on any atom is 0.323 e. The van der Waals surface area contributed by atoms with E-state index in [-0.39, 0.29) is 47.7 Å². The van der Waals surface area contributed by atoms with E-state index in [2.05, 4.69) is 4.74 Å². The standard InChI is InChI=1S/C24H44N2O10S/c1-24(2,8-6-20(27)26(4)18-22(29)30)37-19-21(28)25(3)9-11-34-13-15-36-17-16-35-14-12-33-10-7-23(31)32-5/h6-19H2,1-5H3,(H,29,30). The highest BCUT2D eigenvalue weighted by molar-refractivity contribution is 8.01. The van der Waals surface area contributed by atoms with Gasteiger partial charge in [0.2, 0.25) is 11.8 Å². The van der Waals surface area contributed by atoms with Crippen molar-refractivity contribution in [3.63, 3.8) is 0 Å². The summed E-state index contributed by atoms with van der Waals surface area (Å²) in [5.41, 5.74) is 0. The molecule has 0 aromatic carbocycles. The SMILES string of the molecule is COC(=O)CCOCCOCCOCCOCCN(C)C(=O)CSC(C)(C)CCC(=O)N(C)CC(=O)O. The molecule has 0 aromatic heterocycles. The zero-order chi connectivity index (χ0) is 28.1. The molecule has 0 aliphatic heterocycles. The number of carboxylic acids is 1. The maximum absolute atomic E-state index is 12.4. The summed E-state index contributed by atoms with van der Waals surface area (Å²) in [5.74, 6) is -1.33. The van der Waals surface area contributed by atoms with Crippen molar-refractivity contribution in [2.75, 3.05) is 92.9 Å². The lowest BCUT2D eigenvalue weighted by molar-refractivity contribution is -0.143. The van der Waals surface area contributed by atoms with E-state index in [0.717, 1.165) is 0 Å². The third-order valence-corrected chi connectivity index (χ3v) is 6.49. The van der Waals surface area contributed by atoms with Crippen LogP contribution in [0.25, 0.3) is 0 Å². The normalized spacial score (nSPS) is 11.3. The number of carbonyl (C=O) groups excluding carboxylic acids is 3. The summed E-state index contributed by atoms with van der Waals surface area (Å²) in [5, 5.41) is 8.77. The molecule has 0 bridgehead atoms. The second-order valence-corrected chi connectivity index (χ2v) is 10.5. The lowest BCUT2D eigenvalue weighted by atomic mass is 10.1. The Bertz CT molecular complexity index is 678. The lowest BCUT2D eigenvalue weighted by Crippen LogP contribution is -2.34. The highest BCUT2D eigenvalue weighted by Crippen LogP contribution is 2.29. The van der Waals surface area contributed by atoms with Gasteiger partial charge in [-0.25, -0.2) is 0 Å². The van der Waals surface area contributed by atoms with Gasteiger partial charge in [-0.2, -0.15) is 0 Å². The van der Waals surface area contributed by atoms with Gasteiger partial charge in [0.25, 0.3) is 0 Å². The van der Waals surface area contributed by atoms with Crippen LogP contribution in [0.5, 0.6) is 0 Å². The summed E-state index contributed by atoms with van der Waals surface area (Å²) in [6.45, 7) is 7.25. The quantitative estimate of drug-likeness (QED) is 0.143. The number of aliphatic carboxylic acids is 1. The number of carbonyl (C=O) groups is 4. The number of rotatable bonds is 23. The van der Waals surface area contributed by atoms with E-state index >= 15 is 0 Å². The first kappa shape index (κ1) is 35.1. The minimum Gasteiger partial charge on any atom is -0.480 e. The molecule has 0 aliphatic carbocycles. The van der Waals surface area contributed by atoms with Gasteiger partial charge in [-0.05, 0) is 6.42 Å². The number of esters is 1. The molecule has 0 aliphatic rings. The highest BCUT2D eigenvalue weighted by Gasteiger charge is 2.23. The second kappa shape index (κ2) is 21.1. The van der Waals surface area contributed by atoms with Crippen molar-refractivity contribution in [3.8, 4) is 0 Å². The van der Waals surface area contributed by atoms with Gasteiger partial charge in [0, 0.05) is 31.8 Å². The van der Waals surface area contributed by atoms with E-state index in [0.29, 0.717) is 65.8 Å². The van der Waals surface area contributed by atoms with Crippen LogP contribution in [-0.2, 0) is 42.9 Å². The summed E-state index contributed by atoms with van der Waals surface area (Å²) in [6, 6.07) is 0. The molecule has 0 fully saturated rings. The zero-order valence-electron chi connectivity index (χ0n) is 22.8. The van der Waals surface area contributed by atoms with Crippen LogP contribution in [0.4, 0.5) is 0 Å². The maximum atomic E-state index is 12.4. The predicted octanol–water partition coefficient (Wildman–Crippen LogP) is 0.909. The topological polar surface area (TPSA) is 141 Å². The first-order valence-corrected chi connectivity index (χ1v) is 13.2. The molecule has 216 valence electrons. The largest absolute Gasteiger partial charge is 0.480 e. The van der Waals surface area contributed by atoms with E-state index < -0.39 is 5.97 Å². The predicted molar refractivity (Wildman–Crippen MR) is 139 cm³/mol. The van der Waals surface area contributed by atoms with Gasteiger partial charge in [0.05, 0.1) is 72.1 Å².